The summed E-state index contributed by atoms with van der Waals surface area (Å²) in [5, 5.41) is 7.59. The summed E-state index contributed by atoms with van der Waals surface area (Å²) in [6, 6.07) is 12.9. The standard InChI is InChI=1S/C16H14Cl3N3S/c1-2-16(13-8-5-11(18)9-14(13)19)20-15(23)22(21-16)12-6-3-10(17)4-7-12/h3-9,21H,2H2,1H3,(H,20,23)/t16-/m0/s1. The highest BCUT2D eigenvalue weighted by Crippen LogP contribution is 2.35. The Hall–Kier alpha value is -1.04. The van der Waals surface area contributed by atoms with E-state index in [9.17, 15) is 0 Å². The zero-order valence-electron chi connectivity index (χ0n) is 12.2. The lowest BCUT2D eigenvalue weighted by atomic mass is 9.97. The molecule has 120 valence electrons. The average Bonchev–Trinajstić information content (AvgIpc) is 2.86. The minimum absolute atomic E-state index is 0.570. The molecule has 2 N–H and O–H groups in total. The second kappa shape index (κ2) is 6.46. The molecule has 1 atom stereocenters. The van der Waals surface area contributed by atoms with Gasteiger partial charge >= 0.3 is 0 Å². The van der Waals surface area contributed by atoms with Crippen molar-refractivity contribution >= 4 is 57.8 Å². The third-order valence-corrected chi connectivity index (χ3v) is 4.92. The fourth-order valence-corrected chi connectivity index (χ4v) is 3.62. The van der Waals surface area contributed by atoms with Gasteiger partial charge in [-0.05, 0) is 55.0 Å². The zero-order chi connectivity index (χ0) is 16.6. The van der Waals surface area contributed by atoms with Crippen molar-refractivity contribution in [1.29, 1.82) is 0 Å². The van der Waals surface area contributed by atoms with Gasteiger partial charge in [0, 0.05) is 20.6 Å². The summed E-state index contributed by atoms with van der Waals surface area (Å²) in [5.74, 6) is 0. The van der Waals surface area contributed by atoms with Gasteiger partial charge in [-0.2, -0.15) is 5.43 Å². The van der Waals surface area contributed by atoms with Crippen molar-refractivity contribution in [2.24, 2.45) is 0 Å². The van der Waals surface area contributed by atoms with E-state index in [1.54, 1.807) is 6.07 Å². The third kappa shape index (κ3) is 3.14. The number of anilines is 1. The highest BCUT2D eigenvalue weighted by molar-refractivity contribution is 7.80. The van der Waals surface area contributed by atoms with Crippen LogP contribution in [0.1, 0.15) is 18.9 Å². The summed E-state index contributed by atoms with van der Waals surface area (Å²) in [5.41, 5.74) is 4.63. The van der Waals surface area contributed by atoms with Gasteiger partial charge in [0.1, 0.15) is 5.66 Å². The van der Waals surface area contributed by atoms with E-state index in [-0.39, 0.29) is 0 Å². The molecule has 0 amide bonds. The van der Waals surface area contributed by atoms with Crippen LogP contribution in [0, 0.1) is 0 Å². The molecule has 0 spiro atoms. The molecule has 1 saturated heterocycles. The largest absolute Gasteiger partial charge is 0.338 e. The lowest BCUT2D eigenvalue weighted by Crippen LogP contribution is -2.48. The van der Waals surface area contributed by atoms with Gasteiger partial charge < -0.3 is 5.32 Å². The topological polar surface area (TPSA) is 27.3 Å². The highest BCUT2D eigenvalue weighted by atomic mass is 35.5. The molecule has 3 nitrogen and oxygen atoms in total. The van der Waals surface area contributed by atoms with Gasteiger partial charge in [-0.1, -0.05) is 47.8 Å². The predicted molar refractivity (Wildman–Crippen MR) is 101 cm³/mol. The lowest BCUT2D eigenvalue weighted by Gasteiger charge is -2.30. The van der Waals surface area contributed by atoms with E-state index in [0.717, 1.165) is 17.7 Å². The SMILES string of the molecule is CC[C@]1(c2ccc(Cl)cc2Cl)NC(=S)N(c2ccc(Cl)cc2)N1. The summed E-state index contributed by atoms with van der Waals surface area (Å²) in [6.07, 6.45) is 0.735. The van der Waals surface area contributed by atoms with Crippen LogP contribution < -0.4 is 15.8 Å². The Bertz CT molecular complexity index is 751. The van der Waals surface area contributed by atoms with Crippen molar-refractivity contribution in [3.63, 3.8) is 0 Å². The summed E-state index contributed by atoms with van der Waals surface area (Å²) >= 11 is 23.8. The number of halogens is 3. The molecule has 1 fully saturated rings. The van der Waals surface area contributed by atoms with Gasteiger partial charge in [-0.3, -0.25) is 0 Å². The van der Waals surface area contributed by atoms with E-state index in [4.69, 9.17) is 47.0 Å². The summed E-state index contributed by atoms with van der Waals surface area (Å²) in [6.45, 7) is 2.05. The van der Waals surface area contributed by atoms with Gasteiger partial charge in [-0.25, -0.2) is 5.01 Å². The van der Waals surface area contributed by atoms with Crippen LogP contribution in [0.25, 0.3) is 0 Å². The van der Waals surface area contributed by atoms with Gasteiger partial charge in [-0.15, -0.1) is 0 Å². The van der Waals surface area contributed by atoms with E-state index >= 15 is 0 Å². The summed E-state index contributed by atoms with van der Waals surface area (Å²) in [4.78, 5) is 0. The fourth-order valence-electron chi connectivity index (χ4n) is 2.60. The Morgan fingerprint density at radius 2 is 1.70 bits per heavy atom. The maximum absolute atomic E-state index is 6.40. The molecule has 1 heterocycles. The van der Waals surface area contributed by atoms with Crippen molar-refractivity contribution in [3.8, 4) is 0 Å². The molecule has 7 heteroatoms. The number of hydrogen-bond donors (Lipinski definition) is 2. The molecule has 0 bridgehead atoms. The molecule has 1 aliphatic heterocycles. The first-order chi connectivity index (χ1) is 10.9. The van der Waals surface area contributed by atoms with Crippen LogP contribution in [0.3, 0.4) is 0 Å². The van der Waals surface area contributed by atoms with E-state index in [1.807, 2.05) is 41.4 Å². The molecule has 2 aromatic rings. The first-order valence-electron chi connectivity index (χ1n) is 7.06. The van der Waals surface area contributed by atoms with Crippen LogP contribution in [0.2, 0.25) is 15.1 Å². The first-order valence-corrected chi connectivity index (χ1v) is 8.60. The van der Waals surface area contributed by atoms with Crippen LogP contribution in [0.4, 0.5) is 5.69 Å². The van der Waals surface area contributed by atoms with Crippen molar-refractivity contribution in [2.75, 3.05) is 5.01 Å². The van der Waals surface area contributed by atoms with Gasteiger partial charge in [0.15, 0.2) is 5.11 Å². The average molecular weight is 387 g/mol. The number of thiocarbonyl (C=S) groups is 1. The van der Waals surface area contributed by atoms with Crippen LogP contribution in [-0.2, 0) is 5.66 Å². The summed E-state index contributed by atoms with van der Waals surface area (Å²) in [7, 11) is 0. The molecule has 1 aliphatic rings. The van der Waals surface area contributed by atoms with Crippen molar-refractivity contribution < 1.29 is 0 Å². The van der Waals surface area contributed by atoms with Crippen LogP contribution >= 0.6 is 47.0 Å². The zero-order valence-corrected chi connectivity index (χ0v) is 15.3. The van der Waals surface area contributed by atoms with Gasteiger partial charge in [0.25, 0.3) is 0 Å². The maximum Gasteiger partial charge on any atom is 0.190 e. The van der Waals surface area contributed by atoms with Crippen LogP contribution in [0.15, 0.2) is 42.5 Å². The van der Waals surface area contributed by atoms with E-state index in [1.165, 1.54) is 0 Å². The second-order valence-electron chi connectivity index (χ2n) is 5.24. The fraction of sp³-hybridized carbons (Fsp3) is 0.188. The monoisotopic (exact) mass is 385 g/mol. The number of nitrogens with one attached hydrogen (secondary N) is 2. The van der Waals surface area contributed by atoms with Gasteiger partial charge in [0.05, 0.1) is 5.69 Å². The Morgan fingerprint density at radius 3 is 2.30 bits per heavy atom. The third-order valence-electron chi connectivity index (χ3n) is 3.83. The van der Waals surface area contributed by atoms with Gasteiger partial charge in [0.2, 0.25) is 0 Å². The van der Waals surface area contributed by atoms with E-state index in [2.05, 4.69) is 17.7 Å². The molecule has 23 heavy (non-hydrogen) atoms. The highest BCUT2D eigenvalue weighted by Gasteiger charge is 2.42. The number of hydrazine groups is 1. The van der Waals surface area contributed by atoms with Crippen molar-refractivity contribution in [3.05, 3.63) is 63.1 Å². The number of nitrogens with zero attached hydrogens (tertiary/aromatic N) is 1. The molecule has 0 unspecified atom stereocenters. The Labute approximate surface area is 155 Å². The minimum atomic E-state index is -0.585. The Kier molecular flexibility index (Phi) is 4.72. The maximum atomic E-state index is 6.40. The van der Waals surface area contributed by atoms with E-state index in [0.29, 0.717) is 20.2 Å². The number of hydrogen-bond acceptors (Lipinski definition) is 2. The smallest absolute Gasteiger partial charge is 0.190 e. The number of rotatable bonds is 3. The Morgan fingerprint density at radius 1 is 1.04 bits per heavy atom. The summed E-state index contributed by atoms with van der Waals surface area (Å²) < 4.78 is 0. The molecular weight excluding hydrogens is 373 g/mol. The van der Waals surface area contributed by atoms with Crippen molar-refractivity contribution in [2.45, 2.75) is 19.0 Å². The van der Waals surface area contributed by atoms with Crippen molar-refractivity contribution in [1.82, 2.24) is 10.7 Å². The van der Waals surface area contributed by atoms with Crippen LogP contribution in [0.5, 0.6) is 0 Å². The molecule has 0 radical (unpaired) electrons. The second-order valence-corrected chi connectivity index (χ2v) is 6.90. The molecule has 0 saturated carbocycles. The predicted octanol–water partition coefficient (Wildman–Crippen LogP) is 5.11. The minimum Gasteiger partial charge on any atom is -0.338 e. The lowest BCUT2D eigenvalue weighted by molar-refractivity contribution is 0.337. The first kappa shape index (κ1) is 16.8. The molecule has 0 aromatic heterocycles. The van der Waals surface area contributed by atoms with E-state index < -0.39 is 5.66 Å². The van der Waals surface area contributed by atoms with Crippen LogP contribution in [-0.4, -0.2) is 5.11 Å². The Balaban J connectivity index is 1.98. The molecular formula is C16H14Cl3N3S. The molecule has 0 aliphatic carbocycles. The molecule has 2 aromatic carbocycles. The molecule has 3 rings (SSSR count). The quantitative estimate of drug-likeness (QED) is 0.717. The normalized spacial score (nSPS) is 20.7. The number of benzene rings is 2.